The number of amides is 2. The van der Waals surface area contributed by atoms with Crippen LogP contribution in [0.1, 0.15) is 24.0 Å². The van der Waals surface area contributed by atoms with Gasteiger partial charge in [0.15, 0.2) is 0 Å². The molecule has 8 heteroatoms. The van der Waals surface area contributed by atoms with Crippen LogP contribution in [0, 0.1) is 0 Å². The molecule has 2 amide bonds. The number of nitrogens with two attached hydrogens (primary N) is 1. The lowest BCUT2D eigenvalue weighted by atomic mass is 10.0. The molecule has 0 aromatic heterocycles. The Morgan fingerprint density at radius 3 is 2.43 bits per heavy atom. The molecule has 0 spiro atoms. The first-order valence-corrected chi connectivity index (χ1v) is 7.15. The summed E-state index contributed by atoms with van der Waals surface area (Å²) in [6, 6.07) is 3.38. The van der Waals surface area contributed by atoms with Crippen molar-refractivity contribution in [2.75, 3.05) is 6.61 Å². The van der Waals surface area contributed by atoms with E-state index in [1.54, 1.807) is 0 Å². The molecule has 1 aliphatic rings. The predicted molar refractivity (Wildman–Crippen MR) is 75.2 cm³/mol. The van der Waals surface area contributed by atoms with Crippen LogP contribution in [0.3, 0.4) is 0 Å². The lowest BCUT2D eigenvalue weighted by molar-refractivity contribution is -0.137. The minimum absolute atomic E-state index is 0.0198. The van der Waals surface area contributed by atoms with Crippen molar-refractivity contribution in [3.05, 3.63) is 35.4 Å². The molecule has 1 aromatic carbocycles. The number of nitrogens with one attached hydrogen (secondary N) is 1. The maximum atomic E-state index is 12.5. The summed E-state index contributed by atoms with van der Waals surface area (Å²) in [6.45, 7) is 0.484. The third kappa shape index (κ3) is 4.69. The van der Waals surface area contributed by atoms with Crippen LogP contribution in [0.15, 0.2) is 24.3 Å². The molecule has 0 bridgehead atoms. The van der Waals surface area contributed by atoms with E-state index in [1.807, 2.05) is 0 Å². The van der Waals surface area contributed by atoms with Crippen molar-refractivity contribution in [3.63, 3.8) is 0 Å². The fourth-order valence-electron chi connectivity index (χ4n) is 2.34. The van der Waals surface area contributed by atoms with E-state index in [9.17, 15) is 22.8 Å². The van der Waals surface area contributed by atoms with Gasteiger partial charge in [0.05, 0.1) is 5.56 Å². The zero-order chi connectivity index (χ0) is 17.0. The highest BCUT2D eigenvalue weighted by Gasteiger charge is 2.30. The van der Waals surface area contributed by atoms with Gasteiger partial charge in [0.1, 0.15) is 12.1 Å². The molecule has 1 heterocycles. The van der Waals surface area contributed by atoms with Crippen LogP contribution in [0.25, 0.3) is 0 Å². The molecule has 23 heavy (non-hydrogen) atoms. The molecule has 2 rings (SSSR count). The predicted octanol–water partition coefficient (Wildman–Crippen LogP) is 1.40. The van der Waals surface area contributed by atoms with E-state index in [4.69, 9.17) is 10.5 Å². The summed E-state index contributed by atoms with van der Waals surface area (Å²) in [7, 11) is 0. The van der Waals surface area contributed by atoms with Crippen molar-refractivity contribution in [2.45, 2.75) is 37.6 Å². The third-order valence-corrected chi connectivity index (χ3v) is 3.60. The molecule has 126 valence electrons. The molecule has 0 aliphatic carbocycles. The van der Waals surface area contributed by atoms with Gasteiger partial charge in [-0.15, -0.1) is 0 Å². The molecule has 0 radical (unpaired) electrons. The standard InChI is InChI=1S/C15H17F3N2O3/c16-15(17,18)10-5-3-9(4-6-10)8-11(13(19)21)20-14(22)12-2-1-7-23-12/h3-6,11-12H,1-2,7-8H2,(H2,19,21)(H,20,22)/t11-,12+/m1/s1. The van der Waals surface area contributed by atoms with Gasteiger partial charge in [-0.3, -0.25) is 9.59 Å². The number of hydrogen-bond acceptors (Lipinski definition) is 3. The molecule has 5 nitrogen and oxygen atoms in total. The Kier molecular flexibility index (Phi) is 5.25. The zero-order valence-electron chi connectivity index (χ0n) is 12.2. The van der Waals surface area contributed by atoms with Gasteiger partial charge in [-0.05, 0) is 30.5 Å². The summed E-state index contributed by atoms with van der Waals surface area (Å²) < 4.78 is 42.7. The molecule has 1 fully saturated rings. The second-order valence-electron chi connectivity index (χ2n) is 5.36. The SMILES string of the molecule is NC(=O)[C@@H](Cc1ccc(C(F)(F)F)cc1)NC(=O)[C@@H]1CCCO1. The first-order valence-electron chi connectivity index (χ1n) is 7.15. The summed E-state index contributed by atoms with van der Waals surface area (Å²) >= 11 is 0. The topological polar surface area (TPSA) is 81.4 Å². The van der Waals surface area contributed by atoms with E-state index in [-0.39, 0.29) is 6.42 Å². The zero-order valence-corrected chi connectivity index (χ0v) is 12.2. The summed E-state index contributed by atoms with van der Waals surface area (Å²) in [5, 5.41) is 2.49. The fourth-order valence-corrected chi connectivity index (χ4v) is 2.34. The largest absolute Gasteiger partial charge is 0.416 e. The second kappa shape index (κ2) is 6.99. The van der Waals surface area contributed by atoms with E-state index in [0.29, 0.717) is 18.6 Å². The van der Waals surface area contributed by atoms with Crippen LogP contribution in [0.2, 0.25) is 0 Å². The lowest BCUT2D eigenvalue weighted by Gasteiger charge is -2.18. The van der Waals surface area contributed by atoms with Gasteiger partial charge in [0.2, 0.25) is 11.8 Å². The normalized spacial score (nSPS) is 19.3. The average molecular weight is 330 g/mol. The Hall–Kier alpha value is -2.09. The molecule has 0 unspecified atom stereocenters. The molecule has 0 saturated carbocycles. The minimum atomic E-state index is -4.42. The van der Waals surface area contributed by atoms with Gasteiger partial charge in [0, 0.05) is 13.0 Å². The van der Waals surface area contributed by atoms with Gasteiger partial charge < -0.3 is 15.8 Å². The van der Waals surface area contributed by atoms with Crippen molar-refractivity contribution < 1.29 is 27.5 Å². The highest BCUT2D eigenvalue weighted by molar-refractivity contribution is 5.88. The summed E-state index contributed by atoms with van der Waals surface area (Å²) in [6.07, 6.45) is -3.68. The number of hydrogen-bond donors (Lipinski definition) is 2. The van der Waals surface area contributed by atoms with Crippen molar-refractivity contribution >= 4 is 11.8 Å². The third-order valence-electron chi connectivity index (χ3n) is 3.60. The first-order chi connectivity index (χ1) is 10.8. The van der Waals surface area contributed by atoms with Crippen LogP contribution < -0.4 is 11.1 Å². The fraction of sp³-hybridized carbons (Fsp3) is 0.467. The van der Waals surface area contributed by atoms with E-state index < -0.39 is 35.7 Å². The van der Waals surface area contributed by atoms with Gasteiger partial charge >= 0.3 is 6.18 Å². The highest BCUT2D eigenvalue weighted by Crippen LogP contribution is 2.29. The van der Waals surface area contributed by atoms with Crippen LogP contribution in [-0.2, 0) is 26.9 Å². The number of primary amides is 1. The molecule has 1 aromatic rings. The number of ether oxygens (including phenoxy) is 1. The van der Waals surface area contributed by atoms with Crippen LogP contribution in [-0.4, -0.2) is 30.6 Å². The highest BCUT2D eigenvalue weighted by atomic mass is 19.4. The Bertz CT molecular complexity index is 566. The number of carbonyl (C=O) groups is 2. The minimum Gasteiger partial charge on any atom is -0.368 e. The van der Waals surface area contributed by atoms with Gasteiger partial charge in [-0.2, -0.15) is 13.2 Å². The quantitative estimate of drug-likeness (QED) is 0.856. The van der Waals surface area contributed by atoms with Crippen LogP contribution in [0.5, 0.6) is 0 Å². The lowest BCUT2D eigenvalue weighted by Crippen LogP contribution is -2.49. The Morgan fingerprint density at radius 1 is 1.30 bits per heavy atom. The van der Waals surface area contributed by atoms with E-state index in [0.717, 1.165) is 18.6 Å². The number of rotatable bonds is 5. The van der Waals surface area contributed by atoms with Crippen molar-refractivity contribution in [3.8, 4) is 0 Å². The maximum Gasteiger partial charge on any atom is 0.416 e. The van der Waals surface area contributed by atoms with E-state index in [2.05, 4.69) is 5.32 Å². The summed E-state index contributed by atoms with van der Waals surface area (Å²) in [4.78, 5) is 23.4. The molecule has 1 aliphatic heterocycles. The van der Waals surface area contributed by atoms with Crippen molar-refractivity contribution in [1.29, 1.82) is 0 Å². The van der Waals surface area contributed by atoms with Gasteiger partial charge in [0.25, 0.3) is 0 Å². The maximum absolute atomic E-state index is 12.5. The van der Waals surface area contributed by atoms with Crippen molar-refractivity contribution in [1.82, 2.24) is 5.32 Å². The molecule has 3 N–H and O–H groups in total. The monoisotopic (exact) mass is 330 g/mol. The van der Waals surface area contributed by atoms with Gasteiger partial charge in [-0.1, -0.05) is 12.1 Å². The molecule has 1 saturated heterocycles. The Balaban J connectivity index is 2.01. The Labute approximate surface area is 131 Å². The smallest absolute Gasteiger partial charge is 0.368 e. The molecule has 2 atom stereocenters. The number of benzene rings is 1. The second-order valence-corrected chi connectivity index (χ2v) is 5.36. The molecular weight excluding hydrogens is 313 g/mol. The first kappa shape index (κ1) is 17.3. The Morgan fingerprint density at radius 2 is 1.96 bits per heavy atom. The average Bonchev–Trinajstić information content (AvgIpc) is 3.00. The molecular formula is C15H17F3N2O3. The van der Waals surface area contributed by atoms with Gasteiger partial charge in [-0.25, -0.2) is 0 Å². The number of halogens is 3. The van der Waals surface area contributed by atoms with E-state index >= 15 is 0 Å². The number of alkyl halides is 3. The van der Waals surface area contributed by atoms with Crippen LogP contribution in [0.4, 0.5) is 13.2 Å². The van der Waals surface area contributed by atoms with E-state index in [1.165, 1.54) is 12.1 Å². The summed E-state index contributed by atoms with van der Waals surface area (Å²) in [5.41, 5.74) is 4.95. The van der Waals surface area contributed by atoms with Crippen molar-refractivity contribution in [2.24, 2.45) is 5.73 Å². The number of carbonyl (C=O) groups excluding carboxylic acids is 2. The summed E-state index contributed by atoms with van der Waals surface area (Å²) in [5.74, 6) is -1.19. The van der Waals surface area contributed by atoms with Crippen LogP contribution >= 0.6 is 0 Å².